The van der Waals surface area contributed by atoms with Gasteiger partial charge in [0.05, 0.1) is 86.4 Å². The van der Waals surface area contributed by atoms with E-state index in [4.69, 9.17) is 20.3 Å². The normalized spacial score (nSPS) is 20.6. The van der Waals surface area contributed by atoms with Crippen molar-refractivity contribution in [1.29, 1.82) is 5.26 Å². The Kier molecular flexibility index (Phi) is 7.29. The van der Waals surface area contributed by atoms with Crippen molar-refractivity contribution in [3.05, 3.63) is 30.4 Å². The van der Waals surface area contributed by atoms with E-state index in [0.717, 1.165) is 16.8 Å². The van der Waals surface area contributed by atoms with Gasteiger partial charge in [0.15, 0.2) is 6.29 Å². The zero-order valence-electron chi connectivity index (χ0n) is 22.8. The van der Waals surface area contributed by atoms with E-state index in [1.54, 1.807) is 26.5 Å². The van der Waals surface area contributed by atoms with Gasteiger partial charge >= 0.3 is 0 Å². The van der Waals surface area contributed by atoms with Crippen LogP contribution in [0, 0.1) is 17.2 Å². The van der Waals surface area contributed by atoms with Crippen LogP contribution in [0.15, 0.2) is 24.8 Å². The molecule has 2 aromatic heterocycles. The van der Waals surface area contributed by atoms with Crippen LogP contribution in [0.25, 0.3) is 17.0 Å². The summed E-state index contributed by atoms with van der Waals surface area (Å²) in [7, 11) is 21.8. The molecule has 3 rings (SSSR count). The summed E-state index contributed by atoms with van der Waals surface area (Å²) >= 11 is 0. The van der Waals surface area contributed by atoms with Gasteiger partial charge in [-0.3, -0.25) is 0 Å². The maximum atomic E-state index is 9.78. The maximum absolute atomic E-state index is 9.78. The van der Waals surface area contributed by atoms with Crippen molar-refractivity contribution in [2.75, 3.05) is 20.0 Å². The number of nitriles is 1. The Balaban J connectivity index is 2.14. The molecule has 1 fully saturated rings. The lowest BCUT2D eigenvalue weighted by Gasteiger charge is -2.49. The smallest absolute Gasteiger partial charge is 0.161 e. The van der Waals surface area contributed by atoms with E-state index in [9.17, 15) is 5.26 Å². The molecule has 0 aliphatic heterocycles. The second kappa shape index (κ2) is 9.33. The van der Waals surface area contributed by atoms with Crippen LogP contribution in [0.5, 0.6) is 0 Å². The molecule has 2 N–H and O–H groups in total. The highest BCUT2D eigenvalue weighted by molar-refractivity contribution is 6.68. The summed E-state index contributed by atoms with van der Waals surface area (Å²) in [6.07, 6.45) is 6.69. The molecular formula is C19H32B8N6O2. The number of hydrogen-bond donors (Lipinski definition) is 1. The fraction of sp³-hybridized carbons (Fsp3) is 0.474. The number of aromatic nitrogens is 4. The Labute approximate surface area is 215 Å². The molecule has 0 radical (unpaired) electrons. The topological polar surface area (TPSA) is 112 Å². The maximum Gasteiger partial charge on any atom is 0.161 e. The Morgan fingerprint density at radius 1 is 1.11 bits per heavy atom. The Morgan fingerprint density at radius 3 is 2.20 bits per heavy atom. The lowest BCUT2D eigenvalue weighted by Crippen LogP contribution is -2.39. The van der Waals surface area contributed by atoms with Crippen molar-refractivity contribution in [2.24, 2.45) is 5.92 Å². The summed E-state index contributed by atoms with van der Waals surface area (Å²) in [5.74, 6) is 0.449. The largest absolute Gasteiger partial charge is 0.383 e. The third-order valence-corrected chi connectivity index (χ3v) is 9.73. The average molecular weight is 463 g/mol. The highest BCUT2D eigenvalue weighted by Crippen LogP contribution is 2.80. The number of nitrogens with two attached hydrogens (primary N) is 1. The standard InChI is InChI=1S/C19H32B8N6O2/c1-34-12(35-2)5-10-13(30-8-31-15(10)29)9-6-32-33(7-9)11(3-4-28)14-16(20,21)18(24,25)19(26,27)17(14,22)23/h3,6-8,12,14H,5,20-27H2,1-2H3,(H2,29,30,31)/b11-3-. The number of nitrogens with zero attached hydrogens (tertiary/aromatic N) is 5. The molecule has 2 aromatic rings. The Morgan fingerprint density at radius 2 is 1.69 bits per heavy atom. The Hall–Kier alpha value is -2.24. The number of nitrogen functional groups attached to an aromatic ring is 1. The predicted molar refractivity (Wildman–Crippen MR) is 162 cm³/mol. The van der Waals surface area contributed by atoms with Gasteiger partial charge in [-0.25, -0.2) is 14.6 Å². The molecule has 1 aliphatic rings. The quantitative estimate of drug-likeness (QED) is 0.248. The lowest BCUT2D eigenvalue weighted by atomic mass is 9.17. The molecule has 35 heavy (non-hydrogen) atoms. The van der Waals surface area contributed by atoms with Crippen LogP contribution in [0.4, 0.5) is 5.82 Å². The van der Waals surface area contributed by atoms with Gasteiger partial charge < -0.3 is 15.2 Å². The van der Waals surface area contributed by atoms with E-state index >= 15 is 0 Å². The van der Waals surface area contributed by atoms with Crippen molar-refractivity contribution < 1.29 is 9.47 Å². The molecule has 16 heteroatoms. The van der Waals surface area contributed by atoms with E-state index in [1.165, 1.54) is 6.33 Å². The summed E-state index contributed by atoms with van der Waals surface area (Å²) in [4.78, 5) is 8.68. The number of methoxy groups -OCH3 is 2. The molecule has 0 unspecified atom stereocenters. The van der Waals surface area contributed by atoms with Crippen molar-refractivity contribution in [2.45, 2.75) is 33.6 Å². The van der Waals surface area contributed by atoms with Crippen molar-refractivity contribution in [3.63, 3.8) is 0 Å². The third kappa shape index (κ3) is 4.11. The van der Waals surface area contributed by atoms with Gasteiger partial charge in [-0.2, -0.15) is 10.4 Å². The lowest BCUT2D eigenvalue weighted by molar-refractivity contribution is -0.100. The first-order chi connectivity index (χ1) is 16.2. The number of ether oxygens (including phenoxy) is 2. The highest BCUT2D eigenvalue weighted by atomic mass is 16.7. The van der Waals surface area contributed by atoms with Gasteiger partial charge in [0.25, 0.3) is 0 Å². The molecule has 174 valence electrons. The van der Waals surface area contributed by atoms with Crippen molar-refractivity contribution >= 4 is 74.3 Å². The second-order valence-electron chi connectivity index (χ2n) is 11.7. The molecular weight excluding hydrogens is 431 g/mol. The van der Waals surface area contributed by atoms with E-state index < -0.39 is 6.29 Å². The van der Waals surface area contributed by atoms with Gasteiger partial charge in [0.2, 0.25) is 0 Å². The molecule has 1 aliphatic carbocycles. The van der Waals surface area contributed by atoms with Gasteiger partial charge in [-0.1, -0.05) is 10.4 Å². The molecule has 0 aromatic carbocycles. The molecule has 2 heterocycles. The van der Waals surface area contributed by atoms with Gasteiger partial charge in [-0.15, -0.1) is 10.4 Å². The number of hydrogen-bond acceptors (Lipinski definition) is 7. The molecule has 1 saturated carbocycles. The number of allylic oxidation sites excluding steroid dienone is 2. The Bertz CT molecular complexity index is 1150. The average Bonchev–Trinajstić information content (AvgIpc) is 3.28. The first-order valence-electron chi connectivity index (χ1n) is 12.0. The summed E-state index contributed by atoms with van der Waals surface area (Å²) in [6, 6.07) is 2.28. The van der Waals surface area contributed by atoms with Gasteiger partial charge in [0.1, 0.15) is 12.1 Å². The zero-order valence-corrected chi connectivity index (χ0v) is 22.8. The van der Waals surface area contributed by atoms with E-state index in [1.807, 2.05) is 10.9 Å². The van der Waals surface area contributed by atoms with Crippen molar-refractivity contribution in [3.8, 4) is 17.3 Å². The summed E-state index contributed by atoms with van der Waals surface area (Å²) in [5, 5.41) is 14.3. The molecule has 0 amide bonds. The van der Waals surface area contributed by atoms with Gasteiger partial charge in [-0.05, 0) is 5.92 Å². The number of anilines is 1. The molecule has 0 spiro atoms. The second-order valence-corrected chi connectivity index (χ2v) is 11.7. The zero-order chi connectivity index (χ0) is 26.4. The van der Waals surface area contributed by atoms with E-state index in [2.05, 4.69) is 78.8 Å². The van der Waals surface area contributed by atoms with Crippen LogP contribution >= 0.6 is 0 Å². The predicted octanol–water partition coefficient (Wildman–Crippen LogP) is -5.39. The molecule has 0 saturated heterocycles. The van der Waals surface area contributed by atoms with Crippen molar-refractivity contribution in [1.82, 2.24) is 19.7 Å². The summed E-state index contributed by atoms with van der Waals surface area (Å²) in [6.45, 7) is 0. The molecule has 0 atom stereocenters. The van der Waals surface area contributed by atoms with Crippen LogP contribution in [0.2, 0.25) is 20.9 Å². The number of rotatable bonds is 7. The third-order valence-electron chi connectivity index (χ3n) is 9.73. The van der Waals surface area contributed by atoms with Crippen LogP contribution in [-0.4, -0.2) is 103 Å². The minimum Gasteiger partial charge on any atom is -0.383 e. The van der Waals surface area contributed by atoms with Crippen LogP contribution in [0.1, 0.15) is 5.56 Å². The summed E-state index contributed by atoms with van der Waals surface area (Å²) in [5.41, 5.74) is 9.29. The first-order valence-corrected chi connectivity index (χ1v) is 12.0. The highest BCUT2D eigenvalue weighted by Gasteiger charge is 2.66. The minimum absolute atomic E-state index is 0.00227. The first kappa shape index (κ1) is 27.3. The monoisotopic (exact) mass is 464 g/mol. The fourth-order valence-electron chi connectivity index (χ4n) is 6.21. The van der Waals surface area contributed by atoms with Crippen LogP contribution < -0.4 is 5.73 Å². The van der Waals surface area contributed by atoms with Crippen LogP contribution in [-0.2, 0) is 15.9 Å². The SMILES string of the molecule is BC1(B)C(/C(=C/C#N)n2cc(-c3ncnc(N)c3CC(OC)OC)cn2)C(B)(B)C(B)(B)C1(B)B. The van der Waals surface area contributed by atoms with E-state index in [-0.39, 0.29) is 26.8 Å². The minimum atomic E-state index is -0.476. The molecule has 0 bridgehead atoms. The fourth-order valence-corrected chi connectivity index (χ4v) is 6.21. The van der Waals surface area contributed by atoms with Gasteiger partial charge in [0, 0.05) is 44.0 Å². The summed E-state index contributed by atoms with van der Waals surface area (Å²) < 4.78 is 12.6. The van der Waals surface area contributed by atoms with Crippen LogP contribution in [0.3, 0.4) is 0 Å². The molecule has 8 nitrogen and oxygen atoms in total. The van der Waals surface area contributed by atoms with E-state index in [0.29, 0.717) is 17.9 Å².